The second-order valence-electron chi connectivity index (χ2n) is 3.78. The van der Waals surface area contributed by atoms with Gasteiger partial charge in [-0.3, -0.25) is 0 Å². The minimum atomic E-state index is 0.496. The Kier molecular flexibility index (Phi) is 1.99. The molecule has 3 rings (SSSR count). The van der Waals surface area contributed by atoms with Crippen LogP contribution in [0.1, 0.15) is 24.5 Å². The van der Waals surface area contributed by atoms with E-state index in [1.54, 1.807) is 10.7 Å². The van der Waals surface area contributed by atoms with Crippen molar-refractivity contribution in [1.82, 2.24) is 14.8 Å². The quantitative estimate of drug-likeness (QED) is 0.728. The number of hydrogen-bond donors (Lipinski definition) is 0. The molecule has 0 amide bonds. The molecule has 1 aliphatic carbocycles. The average Bonchev–Trinajstić information content (AvgIpc) is 2.97. The summed E-state index contributed by atoms with van der Waals surface area (Å²) in [6.07, 6.45) is 4.46. The summed E-state index contributed by atoms with van der Waals surface area (Å²) in [7, 11) is 0. The van der Waals surface area contributed by atoms with Gasteiger partial charge in [-0.15, -0.1) is 0 Å². The molecule has 1 fully saturated rings. The Bertz CT molecular complexity index is 488. The van der Waals surface area contributed by atoms with Crippen molar-refractivity contribution in [3.8, 4) is 5.82 Å². The van der Waals surface area contributed by atoms with E-state index in [-0.39, 0.29) is 0 Å². The molecule has 3 nitrogen and oxygen atoms in total. The molecular weight excluding hydrogens is 210 g/mol. The normalized spacial score (nSPS) is 15.5. The van der Waals surface area contributed by atoms with Gasteiger partial charge in [0, 0.05) is 12.1 Å². The molecule has 0 unspecified atom stereocenters. The second kappa shape index (κ2) is 3.35. The van der Waals surface area contributed by atoms with Crippen molar-refractivity contribution in [2.24, 2.45) is 0 Å². The van der Waals surface area contributed by atoms with Gasteiger partial charge < -0.3 is 0 Å². The lowest BCUT2D eigenvalue weighted by Gasteiger charge is -1.99. The summed E-state index contributed by atoms with van der Waals surface area (Å²) in [5.74, 6) is 1.44. The van der Waals surface area contributed by atoms with Crippen LogP contribution in [0, 0.1) is 0 Å². The molecule has 0 radical (unpaired) electrons. The summed E-state index contributed by atoms with van der Waals surface area (Å²) in [4.78, 5) is 4.20. The SMILES string of the molecule is Clc1cccc(-n2ccc(C3CC3)n2)n1. The molecule has 0 spiro atoms. The standard InChI is InChI=1S/C11H10ClN3/c12-10-2-1-3-11(13-10)15-7-6-9(14-15)8-4-5-8/h1-3,6-8H,4-5H2. The minimum Gasteiger partial charge on any atom is -0.222 e. The zero-order chi connectivity index (χ0) is 10.3. The van der Waals surface area contributed by atoms with Gasteiger partial charge in [0.05, 0.1) is 5.69 Å². The fourth-order valence-corrected chi connectivity index (χ4v) is 1.75. The van der Waals surface area contributed by atoms with Gasteiger partial charge in [-0.05, 0) is 31.0 Å². The van der Waals surface area contributed by atoms with Crippen LogP contribution in [0.3, 0.4) is 0 Å². The Morgan fingerprint density at radius 3 is 2.87 bits per heavy atom. The van der Waals surface area contributed by atoms with E-state index in [0.717, 1.165) is 11.5 Å². The van der Waals surface area contributed by atoms with Crippen LogP contribution in [0.4, 0.5) is 0 Å². The Morgan fingerprint density at radius 2 is 2.13 bits per heavy atom. The third-order valence-electron chi connectivity index (χ3n) is 2.54. The van der Waals surface area contributed by atoms with Crippen LogP contribution in [-0.2, 0) is 0 Å². The van der Waals surface area contributed by atoms with Crippen molar-refractivity contribution in [2.45, 2.75) is 18.8 Å². The van der Waals surface area contributed by atoms with Gasteiger partial charge in [0.25, 0.3) is 0 Å². The zero-order valence-electron chi connectivity index (χ0n) is 8.10. The van der Waals surface area contributed by atoms with Crippen molar-refractivity contribution in [3.63, 3.8) is 0 Å². The molecule has 15 heavy (non-hydrogen) atoms. The van der Waals surface area contributed by atoms with Gasteiger partial charge in [0.1, 0.15) is 5.15 Å². The van der Waals surface area contributed by atoms with E-state index in [4.69, 9.17) is 11.6 Å². The van der Waals surface area contributed by atoms with Crippen LogP contribution in [0.25, 0.3) is 5.82 Å². The summed E-state index contributed by atoms with van der Waals surface area (Å²) in [5, 5.41) is 4.98. The second-order valence-corrected chi connectivity index (χ2v) is 4.17. The van der Waals surface area contributed by atoms with Crippen molar-refractivity contribution in [2.75, 3.05) is 0 Å². The van der Waals surface area contributed by atoms with E-state index >= 15 is 0 Å². The van der Waals surface area contributed by atoms with Crippen LogP contribution in [0.15, 0.2) is 30.5 Å². The van der Waals surface area contributed by atoms with E-state index < -0.39 is 0 Å². The molecule has 0 aliphatic heterocycles. The third kappa shape index (κ3) is 1.75. The molecule has 0 bridgehead atoms. The van der Waals surface area contributed by atoms with Gasteiger partial charge in [-0.1, -0.05) is 17.7 Å². The molecule has 0 saturated heterocycles. The largest absolute Gasteiger partial charge is 0.222 e. The van der Waals surface area contributed by atoms with Gasteiger partial charge in [0.2, 0.25) is 0 Å². The molecule has 0 aromatic carbocycles. The van der Waals surface area contributed by atoms with Gasteiger partial charge >= 0.3 is 0 Å². The lowest BCUT2D eigenvalue weighted by Crippen LogP contribution is -1.98. The minimum absolute atomic E-state index is 0.496. The Balaban J connectivity index is 1.97. The highest BCUT2D eigenvalue weighted by atomic mass is 35.5. The van der Waals surface area contributed by atoms with Crippen LogP contribution in [0.5, 0.6) is 0 Å². The molecule has 1 aliphatic rings. The predicted octanol–water partition coefficient (Wildman–Crippen LogP) is 2.80. The van der Waals surface area contributed by atoms with Crippen LogP contribution in [-0.4, -0.2) is 14.8 Å². The highest BCUT2D eigenvalue weighted by Gasteiger charge is 2.25. The Labute approximate surface area is 92.7 Å². The van der Waals surface area contributed by atoms with E-state index in [1.165, 1.54) is 12.8 Å². The Hall–Kier alpha value is -1.35. The monoisotopic (exact) mass is 219 g/mol. The predicted molar refractivity (Wildman–Crippen MR) is 58.3 cm³/mol. The molecule has 1 saturated carbocycles. The number of rotatable bonds is 2. The first-order valence-electron chi connectivity index (χ1n) is 5.01. The van der Waals surface area contributed by atoms with Gasteiger partial charge in [-0.2, -0.15) is 5.10 Å². The lowest BCUT2D eigenvalue weighted by molar-refractivity contribution is 0.813. The molecule has 0 N–H and O–H groups in total. The zero-order valence-corrected chi connectivity index (χ0v) is 8.85. The summed E-state index contributed by atoms with van der Waals surface area (Å²) in [6.45, 7) is 0. The number of halogens is 1. The number of nitrogens with zero attached hydrogens (tertiary/aromatic N) is 3. The molecular formula is C11H10ClN3. The van der Waals surface area contributed by atoms with Crippen molar-refractivity contribution in [1.29, 1.82) is 0 Å². The van der Waals surface area contributed by atoms with E-state index in [0.29, 0.717) is 11.1 Å². The maximum absolute atomic E-state index is 5.82. The summed E-state index contributed by atoms with van der Waals surface area (Å²) >= 11 is 5.82. The molecule has 2 heterocycles. The van der Waals surface area contributed by atoms with Crippen LogP contribution >= 0.6 is 11.6 Å². The average molecular weight is 220 g/mol. The first-order chi connectivity index (χ1) is 7.33. The number of hydrogen-bond acceptors (Lipinski definition) is 2. The summed E-state index contributed by atoms with van der Waals surface area (Å²) < 4.78 is 1.78. The smallest absolute Gasteiger partial charge is 0.155 e. The summed E-state index contributed by atoms with van der Waals surface area (Å²) in [5.41, 5.74) is 1.16. The van der Waals surface area contributed by atoms with E-state index in [9.17, 15) is 0 Å². The van der Waals surface area contributed by atoms with Gasteiger partial charge in [0.15, 0.2) is 5.82 Å². The Morgan fingerprint density at radius 1 is 1.27 bits per heavy atom. The summed E-state index contributed by atoms with van der Waals surface area (Å²) in [6, 6.07) is 7.59. The topological polar surface area (TPSA) is 30.7 Å². The molecule has 2 aromatic heterocycles. The molecule has 0 atom stereocenters. The van der Waals surface area contributed by atoms with Crippen molar-refractivity contribution in [3.05, 3.63) is 41.3 Å². The number of pyridine rings is 1. The van der Waals surface area contributed by atoms with Crippen molar-refractivity contribution >= 4 is 11.6 Å². The van der Waals surface area contributed by atoms with E-state index in [1.807, 2.05) is 18.3 Å². The highest BCUT2D eigenvalue weighted by Crippen LogP contribution is 2.38. The van der Waals surface area contributed by atoms with Crippen LogP contribution < -0.4 is 0 Å². The van der Waals surface area contributed by atoms with Crippen LogP contribution in [0.2, 0.25) is 5.15 Å². The van der Waals surface area contributed by atoms with Gasteiger partial charge in [-0.25, -0.2) is 9.67 Å². The molecule has 76 valence electrons. The maximum atomic E-state index is 5.82. The highest BCUT2D eigenvalue weighted by molar-refractivity contribution is 6.29. The fourth-order valence-electron chi connectivity index (χ4n) is 1.59. The molecule has 2 aromatic rings. The lowest BCUT2D eigenvalue weighted by atomic mass is 10.3. The maximum Gasteiger partial charge on any atom is 0.155 e. The van der Waals surface area contributed by atoms with E-state index in [2.05, 4.69) is 16.1 Å². The fraction of sp³-hybridized carbons (Fsp3) is 0.273. The van der Waals surface area contributed by atoms with Crippen molar-refractivity contribution < 1.29 is 0 Å². The first-order valence-corrected chi connectivity index (χ1v) is 5.39. The number of aromatic nitrogens is 3. The molecule has 4 heteroatoms. The third-order valence-corrected chi connectivity index (χ3v) is 2.75. The first kappa shape index (κ1) is 8.92.